The minimum absolute atomic E-state index is 0.165. The average molecular weight is 343 g/mol. The summed E-state index contributed by atoms with van der Waals surface area (Å²) in [4.78, 5) is 25.8. The molecule has 1 N–H and O–H groups in total. The van der Waals surface area contributed by atoms with Gasteiger partial charge in [-0.15, -0.1) is 0 Å². The average Bonchev–Trinajstić information content (AvgIpc) is 3.19. The molecule has 2 aromatic heterocycles. The fraction of sp³-hybridized carbons (Fsp3) is 0.235. The Bertz CT molecular complexity index is 962. The number of hydrogen-bond donors (Lipinski definition) is 1. The predicted molar refractivity (Wildman–Crippen MR) is 85.6 cm³/mol. The highest BCUT2D eigenvalue weighted by Crippen LogP contribution is 2.25. The molecule has 0 radical (unpaired) electrons. The quantitative estimate of drug-likeness (QED) is 0.776. The fourth-order valence-electron chi connectivity index (χ4n) is 2.99. The number of nitrogens with zero attached hydrogens (tertiary/aromatic N) is 4. The number of H-pyrrole nitrogens is 1. The normalized spacial score (nSPS) is 13.8. The lowest BCUT2D eigenvalue weighted by atomic mass is 10.1. The molecule has 6 nitrogen and oxygen atoms in total. The van der Waals surface area contributed by atoms with Crippen molar-refractivity contribution in [2.45, 2.75) is 13.0 Å². The molecule has 1 aliphatic heterocycles. The molecule has 0 fully saturated rings. The van der Waals surface area contributed by atoms with Gasteiger partial charge in [-0.05, 0) is 12.1 Å². The van der Waals surface area contributed by atoms with E-state index in [1.54, 1.807) is 28.9 Å². The molecule has 3 aromatic rings. The van der Waals surface area contributed by atoms with E-state index < -0.39 is 11.6 Å². The van der Waals surface area contributed by atoms with E-state index in [-0.39, 0.29) is 11.5 Å². The number of hydrogen-bond acceptors (Lipinski definition) is 3. The van der Waals surface area contributed by atoms with Crippen LogP contribution in [0.2, 0.25) is 0 Å². The van der Waals surface area contributed by atoms with E-state index in [9.17, 15) is 13.6 Å². The monoisotopic (exact) mass is 343 g/mol. The fourth-order valence-corrected chi connectivity index (χ4v) is 2.99. The second-order valence-corrected chi connectivity index (χ2v) is 5.97. The van der Waals surface area contributed by atoms with Crippen molar-refractivity contribution in [2.24, 2.45) is 7.05 Å². The van der Waals surface area contributed by atoms with Crippen molar-refractivity contribution in [1.29, 1.82) is 0 Å². The first-order chi connectivity index (χ1) is 12.0. The second kappa shape index (κ2) is 5.80. The van der Waals surface area contributed by atoms with Crippen molar-refractivity contribution in [2.75, 3.05) is 6.54 Å². The zero-order chi connectivity index (χ0) is 17.6. The Hall–Kier alpha value is -3.03. The van der Waals surface area contributed by atoms with Crippen molar-refractivity contribution in [3.63, 3.8) is 0 Å². The number of halogens is 2. The second-order valence-electron chi connectivity index (χ2n) is 5.97. The number of carbonyl (C=O) groups excluding carboxylic acids is 1. The highest BCUT2D eigenvalue weighted by Gasteiger charge is 2.27. The molecule has 1 amide bonds. The molecule has 0 spiro atoms. The van der Waals surface area contributed by atoms with Crippen molar-refractivity contribution >= 4 is 5.91 Å². The first kappa shape index (κ1) is 15.5. The molecule has 25 heavy (non-hydrogen) atoms. The Kier molecular flexibility index (Phi) is 3.60. The number of imidazole rings is 2. The maximum atomic E-state index is 14.0. The standard InChI is InChI=1S/C17H15F2N5O/c1-23-7-5-20-16(23)17(25)24-6-4-13-14(9-24)22-15(21-13)11-3-2-10(18)8-12(11)19/h2-3,5,7-8H,4,6,9H2,1H3,(H,21,22). The zero-order valence-electron chi connectivity index (χ0n) is 13.5. The van der Waals surface area contributed by atoms with E-state index >= 15 is 0 Å². The third-order valence-electron chi connectivity index (χ3n) is 4.32. The highest BCUT2D eigenvalue weighted by atomic mass is 19.1. The molecule has 0 aliphatic carbocycles. The van der Waals surface area contributed by atoms with Gasteiger partial charge < -0.3 is 14.5 Å². The molecule has 0 unspecified atom stereocenters. The number of carbonyl (C=O) groups is 1. The summed E-state index contributed by atoms with van der Waals surface area (Å²) in [5.74, 6) is -0.764. The van der Waals surface area contributed by atoms with Crippen LogP contribution in [0.3, 0.4) is 0 Å². The van der Waals surface area contributed by atoms with Gasteiger partial charge in [-0.25, -0.2) is 18.7 Å². The Morgan fingerprint density at radius 1 is 1.32 bits per heavy atom. The largest absolute Gasteiger partial charge is 0.340 e. The van der Waals surface area contributed by atoms with Crippen molar-refractivity contribution < 1.29 is 13.6 Å². The summed E-state index contributed by atoms with van der Waals surface area (Å²) < 4.78 is 28.7. The van der Waals surface area contributed by atoms with Gasteiger partial charge in [0.1, 0.15) is 17.5 Å². The predicted octanol–water partition coefficient (Wildman–Crippen LogP) is 2.29. The molecule has 0 saturated carbocycles. The molecule has 3 heterocycles. The summed E-state index contributed by atoms with van der Waals surface area (Å²) in [5.41, 5.74) is 1.76. The van der Waals surface area contributed by atoms with E-state index in [1.165, 1.54) is 12.1 Å². The number of nitrogens with one attached hydrogen (secondary N) is 1. The molecule has 128 valence electrons. The Morgan fingerprint density at radius 2 is 2.16 bits per heavy atom. The van der Waals surface area contributed by atoms with Crippen LogP contribution >= 0.6 is 0 Å². The lowest BCUT2D eigenvalue weighted by molar-refractivity contribution is 0.0716. The number of benzene rings is 1. The van der Waals surface area contributed by atoms with Crippen LogP contribution in [0.1, 0.15) is 22.0 Å². The topological polar surface area (TPSA) is 66.8 Å². The van der Waals surface area contributed by atoms with Crippen LogP contribution in [0.5, 0.6) is 0 Å². The summed E-state index contributed by atoms with van der Waals surface area (Å²) >= 11 is 0. The minimum atomic E-state index is -0.674. The van der Waals surface area contributed by atoms with Crippen LogP contribution in [0.15, 0.2) is 30.6 Å². The molecule has 4 rings (SSSR count). The van der Waals surface area contributed by atoms with Crippen LogP contribution in [-0.2, 0) is 20.0 Å². The summed E-state index contributed by atoms with van der Waals surface area (Å²) in [5, 5.41) is 0. The number of aryl methyl sites for hydroxylation is 1. The van der Waals surface area contributed by atoms with Gasteiger partial charge in [0.15, 0.2) is 5.82 Å². The minimum Gasteiger partial charge on any atom is -0.340 e. The van der Waals surface area contributed by atoms with Crippen molar-refractivity contribution in [3.8, 4) is 11.4 Å². The van der Waals surface area contributed by atoms with Crippen LogP contribution in [0.25, 0.3) is 11.4 Å². The lowest BCUT2D eigenvalue weighted by Crippen LogP contribution is -2.37. The summed E-state index contributed by atoms with van der Waals surface area (Å²) in [6, 6.07) is 3.37. The SMILES string of the molecule is Cn1ccnc1C(=O)N1CCc2nc(-c3ccc(F)cc3F)[nH]c2C1. The maximum absolute atomic E-state index is 14.0. The van der Waals surface area contributed by atoms with Crippen molar-refractivity contribution in [1.82, 2.24) is 24.4 Å². The third kappa shape index (κ3) is 2.69. The number of amides is 1. The van der Waals surface area contributed by atoms with E-state index in [2.05, 4.69) is 15.0 Å². The lowest BCUT2D eigenvalue weighted by Gasteiger charge is -2.25. The molecule has 0 saturated heterocycles. The summed E-state index contributed by atoms with van der Waals surface area (Å²) in [7, 11) is 1.77. The highest BCUT2D eigenvalue weighted by molar-refractivity contribution is 5.90. The first-order valence-electron chi connectivity index (χ1n) is 7.82. The Morgan fingerprint density at radius 3 is 2.88 bits per heavy atom. The van der Waals surface area contributed by atoms with Gasteiger partial charge in [-0.1, -0.05) is 0 Å². The maximum Gasteiger partial charge on any atom is 0.290 e. The van der Waals surface area contributed by atoms with Gasteiger partial charge in [0.05, 0.1) is 23.5 Å². The molecule has 0 atom stereocenters. The number of rotatable bonds is 2. The molecule has 8 heteroatoms. The molecule has 1 aromatic carbocycles. The number of aromatic amines is 1. The van der Waals surface area contributed by atoms with Crippen LogP contribution in [-0.4, -0.2) is 36.9 Å². The smallest absolute Gasteiger partial charge is 0.290 e. The zero-order valence-corrected chi connectivity index (χ0v) is 13.5. The van der Waals surface area contributed by atoms with Crippen molar-refractivity contribution in [3.05, 3.63) is 59.4 Å². The van der Waals surface area contributed by atoms with Gasteiger partial charge in [0.25, 0.3) is 5.91 Å². The molecule has 1 aliphatic rings. The van der Waals surface area contributed by atoms with E-state index in [0.29, 0.717) is 31.2 Å². The molecular weight excluding hydrogens is 328 g/mol. The Balaban J connectivity index is 1.61. The Labute approximate surface area is 142 Å². The molecular formula is C17H15F2N5O. The van der Waals surface area contributed by atoms with Gasteiger partial charge in [-0.2, -0.15) is 0 Å². The number of aromatic nitrogens is 4. The van der Waals surface area contributed by atoms with Crippen LogP contribution in [0.4, 0.5) is 8.78 Å². The first-order valence-corrected chi connectivity index (χ1v) is 7.82. The van der Waals surface area contributed by atoms with E-state index in [1.807, 2.05) is 0 Å². The van der Waals surface area contributed by atoms with Crippen LogP contribution in [0, 0.1) is 11.6 Å². The summed E-state index contributed by atoms with van der Waals surface area (Å²) in [6.45, 7) is 0.853. The summed E-state index contributed by atoms with van der Waals surface area (Å²) in [6.07, 6.45) is 3.85. The van der Waals surface area contributed by atoms with Gasteiger partial charge in [0, 0.05) is 38.5 Å². The van der Waals surface area contributed by atoms with Gasteiger partial charge in [0.2, 0.25) is 0 Å². The van der Waals surface area contributed by atoms with Crippen LogP contribution < -0.4 is 0 Å². The van der Waals surface area contributed by atoms with E-state index in [0.717, 1.165) is 17.5 Å². The van der Waals surface area contributed by atoms with E-state index in [4.69, 9.17) is 0 Å². The molecule has 0 bridgehead atoms. The number of fused-ring (bicyclic) bond motifs is 1. The third-order valence-corrected chi connectivity index (χ3v) is 4.32. The van der Waals surface area contributed by atoms with Gasteiger partial charge >= 0.3 is 0 Å². The van der Waals surface area contributed by atoms with Gasteiger partial charge in [-0.3, -0.25) is 4.79 Å².